The van der Waals surface area contributed by atoms with E-state index < -0.39 is 11.9 Å². The fraction of sp³-hybridized carbons (Fsp3) is 0.346. The molecule has 1 unspecified atom stereocenters. The smallest absolute Gasteiger partial charge is 0.255 e. The Bertz CT molecular complexity index is 1340. The summed E-state index contributed by atoms with van der Waals surface area (Å²) in [5.41, 5.74) is 4.17. The molecule has 6 rings (SSSR count). The van der Waals surface area contributed by atoms with Crippen LogP contribution in [0.3, 0.4) is 0 Å². The molecule has 3 aliphatic heterocycles. The number of para-hydroxylation sites is 2. The van der Waals surface area contributed by atoms with E-state index >= 15 is 0 Å². The summed E-state index contributed by atoms with van der Waals surface area (Å²) >= 11 is 0. The van der Waals surface area contributed by atoms with Gasteiger partial charge in [0.1, 0.15) is 17.9 Å². The number of piperidine rings is 1. The lowest BCUT2D eigenvalue weighted by atomic mass is 10.0. The highest BCUT2D eigenvalue weighted by atomic mass is 16.5. The van der Waals surface area contributed by atoms with Crippen LogP contribution >= 0.6 is 0 Å². The van der Waals surface area contributed by atoms with Gasteiger partial charge < -0.3 is 9.64 Å². The first kappa shape index (κ1) is 21.7. The number of hydrogen-bond acceptors (Lipinski definition) is 7. The maximum Gasteiger partial charge on any atom is 0.255 e. The predicted octanol–water partition coefficient (Wildman–Crippen LogP) is 2.04. The lowest BCUT2D eigenvalue weighted by Crippen LogP contribution is -2.52. The molecule has 3 aromatic rings. The largest absolute Gasteiger partial charge is 0.489 e. The minimum Gasteiger partial charge on any atom is -0.489 e. The third-order valence-corrected chi connectivity index (χ3v) is 6.91. The van der Waals surface area contributed by atoms with Crippen LogP contribution in [-0.2, 0) is 22.7 Å². The Labute approximate surface area is 202 Å². The van der Waals surface area contributed by atoms with Crippen molar-refractivity contribution < 1.29 is 19.1 Å². The van der Waals surface area contributed by atoms with E-state index in [9.17, 15) is 14.4 Å². The van der Waals surface area contributed by atoms with Gasteiger partial charge in [0.2, 0.25) is 11.8 Å². The monoisotopic (exact) mass is 471 g/mol. The second-order valence-corrected chi connectivity index (χ2v) is 9.33. The second kappa shape index (κ2) is 8.74. The molecule has 2 aromatic carbocycles. The third kappa shape index (κ3) is 4.23. The zero-order valence-electron chi connectivity index (χ0n) is 19.1. The predicted molar refractivity (Wildman–Crippen MR) is 126 cm³/mol. The second-order valence-electron chi connectivity index (χ2n) is 9.33. The van der Waals surface area contributed by atoms with Gasteiger partial charge in [-0.05, 0) is 48.7 Å². The number of imide groups is 1. The summed E-state index contributed by atoms with van der Waals surface area (Å²) < 4.78 is 6.26. The maximum atomic E-state index is 12.9. The first-order valence-electron chi connectivity index (χ1n) is 11.9. The van der Waals surface area contributed by atoms with E-state index in [1.165, 1.54) is 0 Å². The molecule has 9 heteroatoms. The van der Waals surface area contributed by atoms with Gasteiger partial charge in [0.05, 0.1) is 22.9 Å². The van der Waals surface area contributed by atoms with Gasteiger partial charge in [0.25, 0.3) is 5.91 Å². The number of aromatic nitrogens is 2. The molecule has 0 aliphatic carbocycles. The summed E-state index contributed by atoms with van der Waals surface area (Å²) in [6.45, 7) is 2.76. The Balaban J connectivity index is 1.08. The van der Waals surface area contributed by atoms with E-state index in [0.717, 1.165) is 54.1 Å². The number of carbonyl (C=O) groups is 3. The Hall–Kier alpha value is -3.85. The zero-order chi connectivity index (χ0) is 23.9. The van der Waals surface area contributed by atoms with Gasteiger partial charge in [-0.15, -0.1) is 0 Å². The van der Waals surface area contributed by atoms with Gasteiger partial charge in [0, 0.05) is 38.2 Å². The van der Waals surface area contributed by atoms with Gasteiger partial charge in [-0.25, -0.2) is 4.98 Å². The Morgan fingerprint density at radius 1 is 1.06 bits per heavy atom. The molecule has 0 spiro atoms. The summed E-state index contributed by atoms with van der Waals surface area (Å²) in [5, 5.41) is 2.33. The average Bonchev–Trinajstić information content (AvgIpc) is 3.42. The van der Waals surface area contributed by atoms with E-state index in [0.29, 0.717) is 18.5 Å². The number of hydrogen-bond donors (Lipinski definition) is 1. The molecule has 3 amide bonds. The Morgan fingerprint density at radius 2 is 1.91 bits per heavy atom. The van der Waals surface area contributed by atoms with Crippen molar-refractivity contribution in [2.75, 3.05) is 13.1 Å². The van der Waals surface area contributed by atoms with E-state index in [1.54, 1.807) is 11.0 Å². The van der Waals surface area contributed by atoms with Crippen LogP contribution in [0.2, 0.25) is 0 Å². The number of carbonyl (C=O) groups excluding carboxylic acids is 3. The minimum absolute atomic E-state index is 0.0461. The molecule has 178 valence electrons. The molecule has 9 nitrogen and oxygen atoms in total. The average molecular weight is 472 g/mol. The molecule has 0 saturated carbocycles. The quantitative estimate of drug-likeness (QED) is 0.568. The summed E-state index contributed by atoms with van der Waals surface area (Å²) in [5.74, 6) is -0.144. The number of ether oxygens (including phenoxy) is 1. The summed E-state index contributed by atoms with van der Waals surface area (Å²) in [4.78, 5) is 49.7. The van der Waals surface area contributed by atoms with Crippen molar-refractivity contribution in [2.45, 2.75) is 44.5 Å². The van der Waals surface area contributed by atoms with Crippen molar-refractivity contribution in [3.05, 3.63) is 65.5 Å². The van der Waals surface area contributed by atoms with Crippen LogP contribution in [0, 0.1) is 0 Å². The lowest BCUT2D eigenvalue weighted by Gasteiger charge is -2.29. The molecule has 4 heterocycles. The molecular formula is C26H25N5O4. The molecule has 2 saturated heterocycles. The van der Waals surface area contributed by atoms with E-state index in [-0.39, 0.29) is 24.3 Å². The highest BCUT2D eigenvalue weighted by Gasteiger charge is 2.39. The van der Waals surface area contributed by atoms with E-state index in [2.05, 4.69) is 15.2 Å². The number of fused-ring (bicyclic) bond motifs is 2. The number of amides is 3. The molecule has 2 fully saturated rings. The maximum absolute atomic E-state index is 12.9. The molecule has 3 aliphatic rings. The Morgan fingerprint density at radius 3 is 2.77 bits per heavy atom. The fourth-order valence-electron chi connectivity index (χ4n) is 5.15. The molecular weight excluding hydrogens is 446 g/mol. The molecule has 0 radical (unpaired) electrons. The summed E-state index contributed by atoms with van der Waals surface area (Å²) in [6.07, 6.45) is 3.38. The van der Waals surface area contributed by atoms with Crippen molar-refractivity contribution >= 4 is 28.8 Å². The fourth-order valence-corrected chi connectivity index (χ4v) is 5.15. The van der Waals surface area contributed by atoms with E-state index in [1.807, 2.05) is 42.6 Å². The Kier molecular flexibility index (Phi) is 5.41. The molecule has 0 bridgehead atoms. The van der Waals surface area contributed by atoms with Gasteiger partial charge in [0.15, 0.2) is 0 Å². The van der Waals surface area contributed by atoms with E-state index in [4.69, 9.17) is 9.72 Å². The van der Waals surface area contributed by atoms with Crippen LogP contribution in [0.4, 0.5) is 0 Å². The van der Waals surface area contributed by atoms with Crippen molar-refractivity contribution in [3.63, 3.8) is 0 Å². The lowest BCUT2D eigenvalue weighted by molar-refractivity contribution is -0.136. The van der Waals surface area contributed by atoms with Crippen LogP contribution in [0.5, 0.6) is 5.75 Å². The van der Waals surface area contributed by atoms with Crippen molar-refractivity contribution in [1.29, 1.82) is 0 Å². The first-order chi connectivity index (χ1) is 17.0. The highest BCUT2D eigenvalue weighted by molar-refractivity contribution is 6.05. The number of nitrogens with one attached hydrogen (secondary N) is 1. The van der Waals surface area contributed by atoms with Gasteiger partial charge in [-0.1, -0.05) is 12.1 Å². The first-order valence-corrected chi connectivity index (χ1v) is 11.9. The molecule has 1 aromatic heterocycles. The van der Waals surface area contributed by atoms with Crippen molar-refractivity contribution in [2.24, 2.45) is 0 Å². The highest BCUT2D eigenvalue weighted by Crippen LogP contribution is 2.31. The summed E-state index contributed by atoms with van der Waals surface area (Å²) in [6, 6.07) is 12.7. The van der Waals surface area contributed by atoms with Crippen molar-refractivity contribution in [1.82, 2.24) is 25.1 Å². The zero-order valence-corrected chi connectivity index (χ0v) is 19.1. The van der Waals surface area contributed by atoms with Crippen LogP contribution in [-0.4, -0.2) is 62.7 Å². The molecule has 2 atom stereocenters. The van der Waals surface area contributed by atoms with Crippen LogP contribution in [0.25, 0.3) is 11.0 Å². The normalized spacial score (nSPS) is 22.5. The number of benzene rings is 2. The molecule has 35 heavy (non-hydrogen) atoms. The topological polar surface area (TPSA) is 105 Å². The van der Waals surface area contributed by atoms with Crippen LogP contribution < -0.4 is 10.1 Å². The molecule has 1 N–H and O–H groups in total. The number of nitrogens with zero attached hydrogens (tertiary/aromatic N) is 4. The summed E-state index contributed by atoms with van der Waals surface area (Å²) in [7, 11) is 0. The van der Waals surface area contributed by atoms with Crippen LogP contribution in [0.15, 0.2) is 48.7 Å². The SMILES string of the molecule is O=C1CCC(N2Cc3cc(O[C@H]4CCN(Cc5cnc6ccccc6n5)C4)ccc3C2=O)C(=O)N1. The van der Waals surface area contributed by atoms with Crippen LogP contribution in [0.1, 0.15) is 40.9 Å². The number of likely N-dealkylation sites (tertiary alicyclic amines) is 1. The standard InChI is InChI=1S/C26H25N5O4/c32-24-8-7-23(25(33)29-24)31-13-16-11-18(5-6-20(16)26(31)34)35-19-9-10-30(15-19)14-17-12-27-21-3-1-2-4-22(21)28-17/h1-6,11-12,19,23H,7-10,13-15H2,(H,29,32,33)/t19-,23?/m0/s1. The van der Waals surface area contributed by atoms with Crippen molar-refractivity contribution in [3.8, 4) is 5.75 Å². The van der Waals surface area contributed by atoms with Gasteiger partial charge >= 0.3 is 0 Å². The minimum atomic E-state index is -0.612. The number of rotatable bonds is 5. The van der Waals surface area contributed by atoms with Gasteiger partial charge in [-0.3, -0.25) is 29.6 Å². The van der Waals surface area contributed by atoms with Gasteiger partial charge in [-0.2, -0.15) is 0 Å². The third-order valence-electron chi connectivity index (χ3n) is 6.91.